The smallest absolute Gasteiger partial charge is 0.383 e. The standard InChI is InChI=1S/C31H43N9O24P6S2/c1-2-3-5-18-10-39(30-26(18)28(33)35-14-37-30)24-8-20(22(59-24)12-57-67(47,48)63-69(51,52)61-65(41,42)43)55-16-71-72-17-56-21-9-25(40-11-19(6-4-7-32)27-29(34)36-15-38-31(27)40)60-23(21)13-58-68(49,50)64-70(53,54)62-66(44,45)46/h10-11,14-15,20-25H,2,7-9,12-13,16-17,32H2,1H3,(H,47,48)(H,49,50)(H,51,52)(H,53,54)(H2,33,35,37)(H2,34,36,38)(H2,41,42,43)(H2,44,45,46)/t20-,21-,22-,23-,24-,25-/m1/s1. The van der Waals surface area contributed by atoms with Crippen LogP contribution in [0, 0.1) is 23.7 Å². The topological polar surface area (TPSA) is 496 Å². The van der Waals surface area contributed by atoms with Crippen molar-refractivity contribution < 1.29 is 112 Å². The average molecular weight is 1180 g/mol. The molecule has 0 saturated carbocycles. The number of hydrogen-bond acceptors (Lipinski definition) is 25. The lowest BCUT2D eigenvalue weighted by atomic mass is 10.2. The summed E-state index contributed by atoms with van der Waals surface area (Å²) in [6.07, 6.45) is -0.416. The van der Waals surface area contributed by atoms with Crippen LogP contribution in [0.4, 0.5) is 11.6 Å². The molecule has 0 spiro atoms. The third-order valence-electron chi connectivity index (χ3n) is 9.36. The van der Waals surface area contributed by atoms with Gasteiger partial charge in [0.15, 0.2) is 0 Å². The second kappa shape index (κ2) is 24.1. The van der Waals surface area contributed by atoms with Crippen molar-refractivity contribution in [2.24, 2.45) is 5.73 Å². The van der Waals surface area contributed by atoms with Gasteiger partial charge in [-0.3, -0.25) is 9.05 Å². The molecule has 6 heterocycles. The molecule has 0 amide bonds. The van der Waals surface area contributed by atoms with E-state index in [1.165, 1.54) is 17.2 Å². The molecule has 2 saturated heterocycles. The fourth-order valence-electron chi connectivity index (χ4n) is 6.81. The first kappa shape index (κ1) is 58.5. The third kappa shape index (κ3) is 16.4. The number of nitrogens with two attached hydrogens (primary N) is 3. The maximum atomic E-state index is 12.7. The Bertz CT molecular complexity index is 2850. The minimum atomic E-state index is -5.86. The molecule has 72 heavy (non-hydrogen) atoms. The van der Waals surface area contributed by atoms with E-state index in [1.807, 2.05) is 6.92 Å². The van der Waals surface area contributed by atoms with E-state index >= 15 is 0 Å². The highest BCUT2D eigenvalue weighted by Gasteiger charge is 2.46. The Morgan fingerprint density at radius 2 is 1.04 bits per heavy atom. The lowest BCUT2D eigenvalue weighted by molar-refractivity contribution is -0.0523. The quantitative estimate of drug-likeness (QED) is 0.0167. The summed E-state index contributed by atoms with van der Waals surface area (Å²) in [6.45, 7) is 0.0759. The fourth-order valence-corrected chi connectivity index (χ4v) is 14.2. The van der Waals surface area contributed by atoms with Gasteiger partial charge in [0.1, 0.15) is 72.1 Å². The molecule has 6 rings (SSSR count). The van der Waals surface area contributed by atoms with Crippen LogP contribution in [0.15, 0.2) is 25.0 Å². The normalized spacial score (nSPS) is 23.9. The van der Waals surface area contributed by atoms with Gasteiger partial charge in [-0.25, -0.2) is 47.3 Å². The van der Waals surface area contributed by atoms with E-state index in [0.717, 1.165) is 21.6 Å². The summed E-state index contributed by atoms with van der Waals surface area (Å²) < 4.78 is 124. The largest absolute Gasteiger partial charge is 0.490 e. The molecular formula is C31H43N9O24P6S2. The highest BCUT2D eigenvalue weighted by molar-refractivity contribution is 8.76. The molecule has 0 aromatic carbocycles. The summed E-state index contributed by atoms with van der Waals surface area (Å²) in [5.74, 6) is 11.4. The summed E-state index contributed by atoms with van der Waals surface area (Å²) in [7, 11) is -32.2. The predicted octanol–water partition coefficient (Wildman–Crippen LogP) is 2.44. The summed E-state index contributed by atoms with van der Waals surface area (Å²) in [6, 6.07) is 0. The summed E-state index contributed by atoms with van der Waals surface area (Å²) in [5, 5.41) is 0.755. The number of phosphoric ester groups is 2. The molecule has 33 nitrogen and oxygen atoms in total. The van der Waals surface area contributed by atoms with E-state index in [4.69, 9.17) is 64.8 Å². The van der Waals surface area contributed by atoms with E-state index in [9.17, 15) is 47.0 Å². The molecule has 2 fully saturated rings. The Morgan fingerprint density at radius 3 is 1.42 bits per heavy atom. The van der Waals surface area contributed by atoms with Gasteiger partial charge < -0.3 is 84.4 Å². The predicted molar refractivity (Wildman–Crippen MR) is 248 cm³/mol. The zero-order chi connectivity index (χ0) is 52.9. The van der Waals surface area contributed by atoms with Crippen molar-refractivity contribution in [3.63, 3.8) is 0 Å². The van der Waals surface area contributed by atoms with Gasteiger partial charge in [0.2, 0.25) is 0 Å². The second-order valence-electron chi connectivity index (χ2n) is 14.4. The molecule has 41 heteroatoms. The summed E-state index contributed by atoms with van der Waals surface area (Å²) in [5.41, 5.74) is 19.3. The molecule has 2 aliphatic heterocycles. The number of phosphoric acid groups is 6. The van der Waals surface area contributed by atoms with Gasteiger partial charge in [-0.2, -0.15) is 17.2 Å². The van der Waals surface area contributed by atoms with Gasteiger partial charge in [0, 0.05) is 31.7 Å². The second-order valence-corrected chi connectivity index (χ2v) is 25.6. The van der Waals surface area contributed by atoms with Gasteiger partial charge >= 0.3 is 46.9 Å². The maximum absolute atomic E-state index is 12.7. The van der Waals surface area contributed by atoms with Crippen molar-refractivity contribution >= 4 is 102 Å². The SMILES string of the molecule is CCC#Cc1cn([C@H]2C[C@@H](OCSSCO[C@@H]3C[C@H](n4cc(C#CCN)c5c(N)ncnc54)O[C@@H]3COP(=O)(O)OP(=O)(O)OP(=O)(O)O)[C@@H](COP(=O)(O)OP(=O)(O)OP(=O)(O)O)O2)c2ncnc(N)c12. The minimum absolute atomic E-state index is 0.00271. The molecule has 2 aliphatic rings. The van der Waals surface area contributed by atoms with Gasteiger partial charge in [-0.1, -0.05) is 52.2 Å². The lowest BCUT2D eigenvalue weighted by Crippen LogP contribution is -2.29. The third-order valence-corrected chi connectivity index (χ3v) is 18.7. The number of aromatic nitrogens is 6. The Hall–Kier alpha value is -2.72. The molecule has 0 bridgehead atoms. The van der Waals surface area contributed by atoms with Gasteiger partial charge in [0.05, 0.1) is 53.9 Å². The Kier molecular flexibility index (Phi) is 19.6. The van der Waals surface area contributed by atoms with Gasteiger partial charge in [-0.05, 0) is 0 Å². The van der Waals surface area contributed by atoms with Crippen LogP contribution >= 0.6 is 68.5 Å². The van der Waals surface area contributed by atoms with Crippen molar-refractivity contribution in [3.05, 3.63) is 36.2 Å². The summed E-state index contributed by atoms with van der Waals surface area (Å²) in [4.78, 5) is 91.9. The van der Waals surface area contributed by atoms with E-state index in [-0.39, 0.29) is 48.5 Å². The lowest BCUT2D eigenvalue weighted by Gasteiger charge is -2.21. The molecule has 4 aromatic heterocycles. The van der Waals surface area contributed by atoms with Crippen LogP contribution in [-0.4, -0.2) is 124 Å². The first-order valence-electron chi connectivity index (χ1n) is 19.8. The maximum Gasteiger partial charge on any atom is 0.490 e. The average Bonchev–Trinajstić information content (AvgIpc) is 4.03. The van der Waals surface area contributed by atoms with Crippen molar-refractivity contribution in [1.29, 1.82) is 0 Å². The zero-order valence-electron chi connectivity index (χ0n) is 36.5. The number of anilines is 2. The number of rotatable bonds is 23. The highest BCUT2D eigenvalue weighted by Crippen LogP contribution is 2.67. The van der Waals surface area contributed by atoms with Crippen LogP contribution in [-0.2, 0) is 72.6 Å². The molecule has 0 aliphatic carbocycles. The highest BCUT2D eigenvalue weighted by atomic mass is 33.1. The van der Waals surface area contributed by atoms with Gasteiger partial charge in [-0.15, -0.1) is 0 Å². The van der Waals surface area contributed by atoms with E-state index in [0.29, 0.717) is 34.0 Å². The van der Waals surface area contributed by atoms with E-state index < -0.39 is 97.0 Å². The van der Waals surface area contributed by atoms with Crippen LogP contribution < -0.4 is 17.2 Å². The van der Waals surface area contributed by atoms with Crippen LogP contribution in [0.1, 0.15) is 49.8 Å². The molecule has 398 valence electrons. The number of nitrogens with zero attached hydrogens (tertiary/aromatic N) is 6. The van der Waals surface area contributed by atoms with Gasteiger partial charge in [0.25, 0.3) is 0 Å². The molecule has 4 unspecified atom stereocenters. The van der Waals surface area contributed by atoms with Crippen molar-refractivity contribution in [3.8, 4) is 23.7 Å². The molecule has 4 aromatic rings. The Balaban J connectivity index is 1.15. The van der Waals surface area contributed by atoms with E-state index in [1.54, 1.807) is 17.0 Å². The van der Waals surface area contributed by atoms with Crippen LogP contribution in [0.5, 0.6) is 0 Å². The number of ether oxygens (including phenoxy) is 4. The Morgan fingerprint density at radius 1 is 0.639 bits per heavy atom. The molecule has 0 radical (unpaired) electrons. The minimum Gasteiger partial charge on any atom is -0.383 e. The van der Waals surface area contributed by atoms with Crippen LogP contribution in [0.25, 0.3) is 22.1 Å². The number of fused-ring (bicyclic) bond motifs is 2. The monoisotopic (exact) mass is 1180 g/mol. The van der Waals surface area contributed by atoms with Crippen molar-refractivity contribution in [2.75, 3.05) is 43.1 Å². The zero-order valence-corrected chi connectivity index (χ0v) is 43.5. The fraction of sp³-hybridized carbons (Fsp3) is 0.484. The van der Waals surface area contributed by atoms with Crippen molar-refractivity contribution in [2.45, 2.75) is 63.1 Å². The Labute approximate surface area is 413 Å². The summed E-state index contributed by atoms with van der Waals surface area (Å²) >= 11 is 0. The van der Waals surface area contributed by atoms with Crippen molar-refractivity contribution in [1.82, 2.24) is 29.1 Å². The number of nitrogen functional groups attached to an aromatic ring is 2. The molecule has 10 atom stereocenters. The molecular weight excluding hydrogens is 1130 g/mol. The van der Waals surface area contributed by atoms with Crippen LogP contribution in [0.3, 0.4) is 0 Å². The first-order chi connectivity index (χ1) is 33.6. The first-order valence-corrected chi connectivity index (χ1v) is 31.4. The van der Waals surface area contributed by atoms with Crippen LogP contribution in [0.2, 0.25) is 0 Å². The van der Waals surface area contributed by atoms with E-state index in [2.05, 4.69) is 60.9 Å². The number of hydrogen-bond donors (Lipinski definition) is 11. The molecule has 14 N–H and O–H groups in total.